The molecular weight excluding hydrogens is 180 g/mol. The zero-order valence-corrected chi connectivity index (χ0v) is 7.16. The van der Waals surface area contributed by atoms with Gasteiger partial charge in [-0.25, -0.2) is 14.8 Å². The van der Waals surface area contributed by atoms with E-state index >= 15 is 0 Å². The Morgan fingerprint density at radius 1 is 1.29 bits per heavy atom. The van der Waals surface area contributed by atoms with Gasteiger partial charge in [0, 0.05) is 18.6 Å². The number of hydrogen-bond donors (Lipinski definition) is 0. The van der Waals surface area contributed by atoms with Crippen molar-refractivity contribution in [3.8, 4) is 5.82 Å². The van der Waals surface area contributed by atoms with Crippen molar-refractivity contribution in [1.82, 2.24) is 14.5 Å². The van der Waals surface area contributed by atoms with E-state index in [-0.39, 0.29) is 5.95 Å². The van der Waals surface area contributed by atoms with Crippen LogP contribution < -0.4 is 0 Å². The van der Waals surface area contributed by atoms with E-state index in [0.717, 1.165) is 0 Å². The summed E-state index contributed by atoms with van der Waals surface area (Å²) in [6.07, 6.45) is 6.33. The number of carbonyl (C=O) groups excluding carboxylic acids is 1. The maximum atomic E-state index is 10.1. The van der Waals surface area contributed by atoms with Crippen molar-refractivity contribution in [2.24, 2.45) is 4.99 Å². The van der Waals surface area contributed by atoms with Crippen LogP contribution in [0.25, 0.3) is 5.82 Å². The molecule has 0 amide bonds. The minimum atomic E-state index is 0.277. The summed E-state index contributed by atoms with van der Waals surface area (Å²) >= 11 is 0. The van der Waals surface area contributed by atoms with E-state index in [1.54, 1.807) is 29.2 Å². The number of pyridine rings is 1. The summed E-state index contributed by atoms with van der Waals surface area (Å²) in [7, 11) is 0. The third kappa shape index (κ3) is 1.44. The molecule has 0 unspecified atom stereocenters. The minimum absolute atomic E-state index is 0.277. The van der Waals surface area contributed by atoms with E-state index in [4.69, 9.17) is 0 Å². The van der Waals surface area contributed by atoms with Crippen molar-refractivity contribution in [1.29, 1.82) is 0 Å². The molecule has 0 atom stereocenters. The van der Waals surface area contributed by atoms with Crippen LogP contribution in [0.15, 0.2) is 41.8 Å². The highest BCUT2D eigenvalue weighted by Crippen LogP contribution is 2.13. The van der Waals surface area contributed by atoms with Gasteiger partial charge in [0.15, 0.2) is 0 Å². The monoisotopic (exact) mass is 186 g/mol. The molecule has 0 bridgehead atoms. The Hall–Kier alpha value is -2.26. The van der Waals surface area contributed by atoms with Crippen LogP contribution in [-0.4, -0.2) is 20.6 Å². The number of hydrogen-bond acceptors (Lipinski definition) is 4. The molecule has 0 saturated heterocycles. The molecule has 0 aliphatic carbocycles. The second-order valence-corrected chi connectivity index (χ2v) is 2.49. The lowest BCUT2D eigenvalue weighted by molar-refractivity contribution is 0.565. The fraction of sp³-hybridized carbons (Fsp3) is 0. The fourth-order valence-electron chi connectivity index (χ4n) is 1.09. The average molecular weight is 186 g/mol. The Balaban J connectivity index is 2.52. The van der Waals surface area contributed by atoms with Crippen LogP contribution in [0.2, 0.25) is 0 Å². The van der Waals surface area contributed by atoms with Gasteiger partial charge in [-0.3, -0.25) is 4.57 Å². The van der Waals surface area contributed by atoms with E-state index in [1.165, 1.54) is 6.08 Å². The van der Waals surface area contributed by atoms with E-state index in [0.29, 0.717) is 5.82 Å². The molecule has 2 heterocycles. The Kier molecular flexibility index (Phi) is 2.17. The predicted octanol–water partition coefficient (Wildman–Crippen LogP) is 1.23. The Labute approximate surface area is 79.8 Å². The molecule has 0 radical (unpaired) electrons. The van der Waals surface area contributed by atoms with Crippen LogP contribution in [0.4, 0.5) is 5.95 Å². The third-order valence-electron chi connectivity index (χ3n) is 1.66. The van der Waals surface area contributed by atoms with Gasteiger partial charge in [-0.05, 0) is 12.1 Å². The summed E-state index contributed by atoms with van der Waals surface area (Å²) in [5.41, 5.74) is 0. The molecule has 0 spiro atoms. The van der Waals surface area contributed by atoms with Crippen LogP contribution in [-0.2, 0) is 4.79 Å². The van der Waals surface area contributed by atoms with Crippen LogP contribution in [0.3, 0.4) is 0 Å². The van der Waals surface area contributed by atoms with Gasteiger partial charge in [0.25, 0.3) is 0 Å². The molecule has 5 nitrogen and oxygen atoms in total. The second kappa shape index (κ2) is 3.64. The van der Waals surface area contributed by atoms with Gasteiger partial charge >= 0.3 is 0 Å². The number of rotatable bonds is 2. The lowest BCUT2D eigenvalue weighted by Gasteiger charge is -2.00. The van der Waals surface area contributed by atoms with Crippen LogP contribution >= 0.6 is 0 Å². The van der Waals surface area contributed by atoms with E-state index in [1.807, 2.05) is 12.1 Å². The molecule has 68 valence electrons. The van der Waals surface area contributed by atoms with Crippen molar-refractivity contribution in [2.75, 3.05) is 0 Å². The molecule has 2 rings (SSSR count). The van der Waals surface area contributed by atoms with Crippen molar-refractivity contribution in [3.05, 3.63) is 36.8 Å². The fourth-order valence-corrected chi connectivity index (χ4v) is 1.09. The standard InChI is InChI=1S/C9H6N4O/c14-7-12-9-11-5-6-13(9)8-3-1-2-4-10-8/h1-6H. The summed E-state index contributed by atoms with van der Waals surface area (Å²) in [5.74, 6) is 0.942. The smallest absolute Gasteiger partial charge is 0.246 e. The number of aromatic nitrogens is 3. The summed E-state index contributed by atoms with van der Waals surface area (Å²) in [5, 5.41) is 0. The third-order valence-corrected chi connectivity index (χ3v) is 1.66. The largest absolute Gasteiger partial charge is 0.268 e. The zero-order valence-electron chi connectivity index (χ0n) is 7.16. The Morgan fingerprint density at radius 3 is 2.93 bits per heavy atom. The Bertz CT molecular complexity index is 471. The van der Waals surface area contributed by atoms with Crippen molar-refractivity contribution in [3.63, 3.8) is 0 Å². The highest BCUT2D eigenvalue weighted by molar-refractivity contribution is 5.44. The number of aliphatic imine (C=N–C) groups is 1. The van der Waals surface area contributed by atoms with E-state index < -0.39 is 0 Å². The minimum Gasteiger partial charge on any atom is -0.268 e. The molecule has 0 saturated carbocycles. The van der Waals surface area contributed by atoms with Gasteiger partial charge in [0.05, 0.1) is 0 Å². The summed E-state index contributed by atoms with van der Waals surface area (Å²) in [6.45, 7) is 0. The number of isocyanates is 1. The molecule has 2 aromatic heterocycles. The molecule has 0 N–H and O–H groups in total. The second-order valence-electron chi connectivity index (χ2n) is 2.49. The summed E-state index contributed by atoms with van der Waals surface area (Å²) < 4.78 is 1.60. The van der Waals surface area contributed by atoms with Gasteiger partial charge in [-0.15, -0.1) is 4.99 Å². The maximum absolute atomic E-state index is 10.1. The summed E-state index contributed by atoms with van der Waals surface area (Å²) in [4.78, 5) is 21.5. The maximum Gasteiger partial charge on any atom is 0.246 e. The normalized spacial score (nSPS) is 9.43. The average Bonchev–Trinajstić information content (AvgIpc) is 2.68. The van der Waals surface area contributed by atoms with Crippen LogP contribution in [0, 0.1) is 0 Å². The van der Waals surface area contributed by atoms with Crippen LogP contribution in [0.5, 0.6) is 0 Å². The molecule has 5 heteroatoms. The Morgan fingerprint density at radius 2 is 2.21 bits per heavy atom. The van der Waals surface area contributed by atoms with Gasteiger partial charge in [-0.1, -0.05) is 6.07 Å². The quantitative estimate of drug-likeness (QED) is 0.523. The first kappa shape index (κ1) is 8.34. The first-order valence-corrected chi connectivity index (χ1v) is 3.94. The van der Waals surface area contributed by atoms with Gasteiger partial charge in [-0.2, -0.15) is 0 Å². The molecule has 0 aromatic carbocycles. The number of nitrogens with zero attached hydrogens (tertiary/aromatic N) is 4. The van der Waals surface area contributed by atoms with Crippen molar-refractivity contribution in [2.45, 2.75) is 0 Å². The predicted molar refractivity (Wildman–Crippen MR) is 49.1 cm³/mol. The molecule has 0 aliphatic heterocycles. The molecule has 0 fully saturated rings. The summed E-state index contributed by atoms with van der Waals surface area (Å²) in [6, 6.07) is 5.45. The molecule has 0 aliphatic rings. The SMILES string of the molecule is O=C=Nc1nccn1-c1ccccn1. The van der Waals surface area contributed by atoms with E-state index in [9.17, 15) is 4.79 Å². The highest BCUT2D eigenvalue weighted by Gasteiger charge is 2.02. The zero-order chi connectivity index (χ0) is 9.80. The lowest BCUT2D eigenvalue weighted by Crippen LogP contribution is -1.93. The van der Waals surface area contributed by atoms with E-state index in [2.05, 4.69) is 15.0 Å². The number of imidazole rings is 1. The van der Waals surface area contributed by atoms with Crippen molar-refractivity contribution < 1.29 is 4.79 Å². The molecule has 2 aromatic rings. The highest BCUT2D eigenvalue weighted by atomic mass is 16.1. The molecular formula is C9H6N4O. The first-order valence-electron chi connectivity index (χ1n) is 3.94. The van der Waals surface area contributed by atoms with Gasteiger partial charge < -0.3 is 0 Å². The van der Waals surface area contributed by atoms with Gasteiger partial charge in [0.1, 0.15) is 5.82 Å². The topological polar surface area (TPSA) is 60.1 Å². The van der Waals surface area contributed by atoms with Gasteiger partial charge in [0.2, 0.25) is 12.0 Å². The lowest BCUT2D eigenvalue weighted by atomic mass is 10.4. The molecule has 14 heavy (non-hydrogen) atoms. The first-order chi connectivity index (χ1) is 6.92. The van der Waals surface area contributed by atoms with Crippen molar-refractivity contribution >= 4 is 12.0 Å². The van der Waals surface area contributed by atoms with Crippen LogP contribution in [0.1, 0.15) is 0 Å².